The van der Waals surface area contributed by atoms with E-state index in [9.17, 15) is 13.2 Å². The summed E-state index contributed by atoms with van der Waals surface area (Å²) < 4.78 is 42.8. The van der Waals surface area contributed by atoms with E-state index in [1.165, 1.54) is 25.6 Å². The summed E-state index contributed by atoms with van der Waals surface area (Å²) in [6.45, 7) is 0. The summed E-state index contributed by atoms with van der Waals surface area (Å²) in [5.41, 5.74) is 4.58. The van der Waals surface area contributed by atoms with Gasteiger partial charge in [0.25, 0.3) is 0 Å². The number of hydrogen-bond acceptors (Lipinski definition) is 5. The van der Waals surface area contributed by atoms with Gasteiger partial charge in [0.2, 0.25) is 5.95 Å². The lowest BCUT2D eigenvalue weighted by Crippen LogP contribution is -2.11. The Morgan fingerprint density at radius 3 is 2.53 bits per heavy atom. The molecule has 2 rings (SSSR count). The number of rotatable bonds is 2. The Bertz CT molecular complexity index is 601. The summed E-state index contributed by atoms with van der Waals surface area (Å²) in [6.07, 6.45) is -1.79. The van der Waals surface area contributed by atoms with Crippen LogP contribution in [0.5, 0.6) is 5.75 Å². The van der Waals surface area contributed by atoms with Crippen LogP contribution < -0.4 is 10.5 Å². The van der Waals surface area contributed by atoms with E-state index in [1.54, 1.807) is 0 Å². The van der Waals surface area contributed by atoms with Gasteiger partial charge in [0.1, 0.15) is 5.75 Å². The Hall–Kier alpha value is -2.38. The van der Waals surface area contributed by atoms with Gasteiger partial charge in [0.05, 0.1) is 19.0 Å². The molecule has 8 heteroatoms. The molecule has 0 atom stereocenters. The van der Waals surface area contributed by atoms with Crippen molar-refractivity contribution in [1.82, 2.24) is 15.0 Å². The molecule has 0 amide bonds. The molecule has 0 fully saturated rings. The standard InChI is InChI=1S/C11H9F3N4O/c1-19-7-2-6(4-16-5-7)8-3-9(11(12,13)14)18-10(15)17-8/h2-5H,1H3,(H2,15,17,18). The minimum Gasteiger partial charge on any atom is -0.495 e. The summed E-state index contributed by atoms with van der Waals surface area (Å²) in [5.74, 6) is -0.0455. The topological polar surface area (TPSA) is 73.9 Å². The second-order valence-corrected chi connectivity index (χ2v) is 3.61. The molecule has 2 N–H and O–H groups in total. The molecule has 0 bridgehead atoms. The summed E-state index contributed by atoms with van der Waals surface area (Å²) in [6, 6.07) is 2.32. The number of nitrogens with two attached hydrogens (primary N) is 1. The highest BCUT2D eigenvalue weighted by molar-refractivity contribution is 5.61. The van der Waals surface area contributed by atoms with Crippen molar-refractivity contribution in [1.29, 1.82) is 0 Å². The SMILES string of the molecule is COc1cncc(-c2cc(C(F)(F)F)nc(N)n2)c1. The lowest BCUT2D eigenvalue weighted by Gasteiger charge is -2.09. The summed E-state index contributed by atoms with van der Waals surface area (Å²) in [4.78, 5) is 10.8. The minimum absolute atomic E-state index is 0.0335. The fraction of sp³-hybridized carbons (Fsp3) is 0.182. The molecule has 0 saturated carbocycles. The quantitative estimate of drug-likeness (QED) is 0.905. The van der Waals surface area contributed by atoms with Crippen molar-refractivity contribution >= 4 is 5.95 Å². The largest absolute Gasteiger partial charge is 0.495 e. The average Bonchev–Trinajstić information content (AvgIpc) is 2.37. The molecule has 0 aliphatic carbocycles. The molecule has 19 heavy (non-hydrogen) atoms. The molecule has 2 aromatic heterocycles. The van der Waals surface area contributed by atoms with Crippen molar-refractivity contribution in [3.63, 3.8) is 0 Å². The van der Waals surface area contributed by atoms with Gasteiger partial charge in [-0.3, -0.25) is 4.98 Å². The maximum absolute atomic E-state index is 12.6. The first-order chi connectivity index (χ1) is 8.90. The van der Waals surface area contributed by atoms with Gasteiger partial charge in [-0.15, -0.1) is 0 Å². The van der Waals surface area contributed by atoms with Crippen molar-refractivity contribution in [2.24, 2.45) is 0 Å². The third-order valence-corrected chi connectivity index (χ3v) is 2.28. The molecule has 2 heterocycles. The van der Waals surface area contributed by atoms with Gasteiger partial charge in [-0.25, -0.2) is 9.97 Å². The number of halogens is 3. The van der Waals surface area contributed by atoms with Crippen molar-refractivity contribution < 1.29 is 17.9 Å². The first-order valence-electron chi connectivity index (χ1n) is 5.11. The van der Waals surface area contributed by atoms with Gasteiger partial charge in [-0.2, -0.15) is 13.2 Å². The number of methoxy groups -OCH3 is 1. The van der Waals surface area contributed by atoms with Crippen molar-refractivity contribution in [2.75, 3.05) is 12.8 Å². The molecule has 2 aromatic rings. The van der Waals surface area contributed by atoms with Crippen LogP contribution in [0.25, 0.3) is 11.3 Å². The monoisotopic (exact) mass is 270 g/mol. The first-order valence-corrected chi connectivity index (χ1v) is 5.11. The maximum atomic E-state index is 12.6. The van der Waals surface area contributed by atoms with E-state index in [0.717, 1.165) is 6.07 Å². The van der Waals surface area contributed by atoms with Crippen LogP contribution in [-0.4, -0.2) is 22.1 Å². The number of nitrogen functional groups attached to an aromatic ring is 1. The molecular weight excluding hydrogens is 261 g/mol. The third kappa shape index (κ3) is 2.90. The second kappa shape index (κ2) is 4.71. The van der Waals surface area contributed by atoms with Gasteiger partial charge in [-0.05, 0) is 12.1 Å². The van der Waals surface area contributed by atoms with Gasteiger partial charge in [-0.1, -0.05) is 0 Å². The van der Waals surface area contributed by atoms with Gasteiger partial charge < -0.3 is 10.5 Å². The van der Waals surface area contributed by atoms with Crippen LogP contribution in [0.4, 0.5) is 19.1 Å². The van der Waals surface area contributed by atoms with E-state index in [4.69, 9.17) is 10.5 Å². The van der Waals surface area contributed by atoms with Crippen molar-refractivity contribution in [3.05, 3.63) is 30.2 Å². The normalized spacial score (nSPS) is 11.4. The van der Waals surface area contributed by atoms with E-state index in [-0.39, 0.29) is 5.69 Å². The zero-order valence-corrected chi connectivity index (χ0v) is 9.77. The summed E-state index contributed by atoms with van der Waals surface area (Å²) >= 11 is 0. The molecular formula is C11H9F3N4O. The third-order valence-electron chi connectivity index (χ3n) is 2.28. The molecule has 0 unspecified atom stereocenters. The lowest BCUT2D eigenvalue weighted by molar-refractivity contribution is -0.141. The smallest absolute Gasteiger partial charge is 0.433 e. The van der Waals surface area contributed by atoms with E-state index >= 15 is 0 Å². The zero-order chi connectivity index (χ0) is 14.0. The molecule has 100 valence electrons. The molecule has 0 saturated heterocycles. The van der Waals surface area contributed by atoms with Crippen LogP contribution in [0.2, 0.25) is 0 Å². The molecule has 0 aromatic carbocycles. The Labute approximate surface area is 106 Å². The van der Waals surface area contributed by atoms with Crippen LogP contribution in [-0.2, 0) is 6.18 Å². The predicted molar refractivity (Wildman–Crippen MR) is 61.2 cm³/mol. The van der Waals surface area contributed by atoms with Crippen LogP contribution in [0.3, 0.4) is 0 Å². The molecule has 0 radical (unpaired) electrons. The highest BCUT2D eigenvalue weighted by Crippen LogP contribution is 2.31. The number of ether oxygens (including phenoxy) is 1. The number of nitrogens with zero attached hydrogens (tertiary/aromatic N) is 3. The number of aromatic nitrogens is 3. The number of hydrogen-bond donors (Lipinski definition) is 1. The molecule has 5 nitrogen and oxygen atoms in total. The number of alkyl halides is 3. The Morgan fingerprint density at radius 2 is 1.89 bits per heavy atom. The fourth-order valence-electron chi connectivity index (χ4n) is 1.43. The Kier molecular flexibility index (Phi) is 3.24. The highest BCUT2D eigenvalue weighted by Gasteiger charge is 2.33. The minimum atomic E-state index is -4.59. The van der Waals surface area contributed by atoms with Crippen molar-refractivity contribution in [3.8, 4) is 17.0 Å². The molecule has 0 aliphatic heterocycles. The Morgan fingerprint density at radius 1 is 1.16 bits per heavy atom. The van der Waals surface area contributed by atoms with E-state index in [2.05, 4.69) is 15.0 Å². The van der Waals surface area contributed by atoms with Gasteiger partial charge in [0.15, 0.2) is 5.69 Å². The summed E-state index contributed by atoms with van der Waals surface area (Å²) in [5, 5.41) is 0. The van der Waals surface area contributed by atoms with E-state index in [1.807, 2.05) is 0 Å². The fourth-order valence-corrected chi connectivity index (χ4v) is 1.43. The number of anilines is 1. The maximum Gasteiger partial charge on any atom is 0.433 e. The zero-order valence-electron chi connectivity index (χ0n) is 9.77. The lowest BCUT2D eigenvalue weighted by atomic mass is 10.2. The van der Waals surface area contributed by atoms with Crippen molar-refractivity contribution in [2.45, 2.75) is 6.18 Å². The second-order valence-electron chi connectivity index (χ2n) is 3.61. The van der Waals surface area contributed by atoms with Crippen LogP contribution in [0.1, 0.15) is 5.69 Å². The number of pyridine rings is 1. The first kappa shape index (κ1) is 13.1. The van der Waals surface area contributed by atoms with E-state index in [0.29, 0.717) is 11.3 Å². The van der Waals surface area contributed by atoms with E-state index < -0.39 is 17.8 Å². The highest BCUT2D eigenvalue weighted by atomic mass is 19.4. The Balaban J connectivity index is 2.53. The molecule has 0 aliphatic rings. The summed E-state index contributed by atoms with van der Waals surface area (Å²) in [7, 11) is 1.43. The van der Waals surface area contributed by atoms with Crippen LogP contribution in [0, 0.1) is 0 Å². The van der Waals surface area contributed by atoms with Gasteiger partial charge in [0, 0.05) is 11.8 Å². The van der Waals surface area contributed by atoms with Crippen LogP contribution >= 0.6 is 0 Å². The predicted octanol–water partition coefficient (Wildman–Crippen LogP) is 2.15. The molecule has 0 spiro atoms. The van der Waals surface area contributed by atoms with Gasteiger partial charge >= 0.3 is 6.18 Å². The van der Waals surface area contributed by atoms with Crippen LogP contribution in [0.15, 0.2) is 24.5 Å². The average molecular weight is 270 g/mol.